The molecule has 0 amide bonds. The maximum absolute atomic E-state index is 5.83. The van der Waals surface area contributed by atoms with Gasteiger partial charge in [-0.1, -0.05) is 37.3 Å². The molecule has 0 heterocycles. The quantitative estimate of drug-likeness (QED) is 0.518. The third kappa shape index (κ3) is 5.78. The Labute approximate surface area is 108 Å². The summed E-state index contributed by atoms with van der Waals surface area (Å²) >= 11 is 7.81. The number of nitrogens with zero attached hydrogens (tertiary/aromatic N) is 1. The lowest BCUT2D eigenvalue weighted by Gasteiger charge is -2.20. The third-order valence-electron chi connectivity index (χ3n) is 2.41. The van der Waals surface area contributed by atoms with E-state index in [1.54, 1.807) is 0 Å². The van der Waals surface area contributed by atoms with Gasteiger partial charge in [0.2, 0.25) is 0 Å². The summed E-state index contributed by atoms with van der Waals surface area (Å²) in [6.45, 7) is 5.31. The molecule has 1 aromatic rings. The first kappa shape index (κ1) is 13.9. The summed E-state index contributed by atoms with van der Waals surface area (Å²) in [6, 6.07) is 10.6. The van der Waals surface area contributed by atoms with E-state index in [0.29, 0.717) is 5.88 Å². The van der Waals surface area contributed by atoms with Gasteiger partial charge in [0.15, 0.2) is 0 Å². The Balaban J connectivity index is 2.38. The van der Waals surface area contributed by atoms with Crippen molar-refractivity contribution in [3.05, 3.63) is 35.9 Å². The highest BCUT2D eigenvalue weighted by atomic mass is 35.5. The molecular formula is C13H20ClNS. The van der Waals surface area contributed by atoms with E-state index in [9.17, 15) is 0 Å². The first-order valence-electron chi connectivity index (χ1n) is 5.76. The van der Waals surface area contributed by atoms with Crippen molar-refractivity contribution in [1.29, 1.82) is 0 Å². The number of hydrogen-bond donors (Lipinski definition) is 0. The Morgan fingerprint density at radius 3 is 2.56 bits per heavy atom. The van der Waals surface area contributed by atoms with Gasteiger partial charge in [-0.25, -0.2) is 0 Å². The highest BCUT2D eigenvalue weighted by molar-refractivity contribution is 7.99. The summed E-state index contributed by atoms with van der Waals surface area (Å²) in [5, 5.41) is 0. The van der Waals surface area contributed by atoms with Crippen molar-refractivity contribution in [3.63, 3.8) is 0 Å². The molecule has 0 radical (unpaired) electrons. The lowest BCUT2D eigenvalue weighted by molar-refractivity contribution is 0.300. The first-order chi connectivity index (χ1) is 7.86. The molecule has 3 heteroatoms. The first-order valence-corrected chi connectivity index (χ1v) is 7.45. The molecule has 1 rings (SSSR count). The third-order valence-corrected chi connectivity index (χ3v) is 3.45. The largest absolute Gasteiger partial charge is 0.297 e. The van der Waals surface area contributed by atoms with Gasteiger partial charge >= 0.3 is 0 Å². The number of halogens is 1. The smallest absolute Gasteiger partial charge is 0.0351 e. The fourth-order valence-corrected chi connectivity index (χ4v) is 2.48. The molecule has 0 unspecified atom stereocenters. The van der Waals surface area contributed by atoms with Crippen molar-refractivity contribution in [2.24, 2.45) is 0 Å². The highest BCUT2D eigenvalue weighted by Gasteiger charge is 2.04. The molecule has 0 atom stereocenters. The second kappa shape index (κ2) is 8.91. The van der Waals surface area contributed by atoms with E-state index < -0.39 is 0 Å². The Morgan fingerprint density at radius 2 is 1.94 bits per heavy atom. The molecule has 0 bridgehead atoms. The summed E-state index contributed by atoms with van der Waals surface area (Å²) in [6.07, 6.45) is 0. The Hall–Kier alpha value is -0.180. The van der Waals surface area contributed by atoms with Crippen LogP contribution in [-0.2, 0) is 6.54 Å². The van der Waals surface area contributed by atoms with E-state index in [4.69, 9.17) is 11.6 Å². The average Bonchev–Trinajstić information content (AvgIpc) is 2.31. The number of benzene rings is 1. The minimum absolute atomic E-state index is 0.712. The minimum atomic E-state index is 0.712. The zero-order valence-electron chi connectivity index (χ0n) is 9.86. The maximum Gasteiger partial charge on any atom is 0.0351 e. The number of rotatable bonds is 8. The molecular weight excluding hydrogens is 238 g/mol. The molecule has 0 fully saturated rings. The molecule has 0 spiro atoms. The molecule has 0 N–H and O–H groups in total. The summed E-state index contributed by atoms with van der Waals surface area (Å²) in [5.41, 5.74) is 1.37. The number of hydrogen-bond acceptors (Lipinski definition) is 2. The molecule has 0 aliphatic heterocycles. The second-order valence-corrected chi connectivity index (χ2v) is 5.42. The Kier molecular flexibility index (Phi) is 7.73. The molecule has 0 aliphatic carbocycles. The SMILES string of the molecule is CCSCCN(CCCl)Cc1ccccc1. The van der Waals surface area contributed by atoms with E-state index in [1.807, 2.05) is 11.8 Å². The fraction of sp³-hybridized carbons (Fsp3) is 0.538. The van der Waals surface area contributed by atoms with E-state index >= 15 is 0 Å². The van der Waals surface area contributed by atoms with Gasteiger partial charge in [0.05, 0.1) is 0 Å². The van der Waals surface area contributed by atoms with E-state index in [2.05, 4.69) is 42.2 Å². The zero-order valence-corrected chi connectivity index (χ0v) is 11.4. The lowest BCUT2D eigenvalue weighted by Crippen LogP contribution is -2.27. The van der Waals surface area contributed by atoms with Gasteiger partial charge in [0, 0.05) is 31.3 Å². The summed E-state index contributed by atoms with van der Waals surface area (Å²) < 4.78 is 0. The number of alkyl halides is 1. The predicted octanol–water partition coefficient (Wildman–Crippen LogP) is 3.48. The van der Waals surface area contributed by atoms with Gasteiger partial charge in [-0.3, -0.25) is 4.90 Å². The van der Waals surface area contributed by atoms with Crippen molar-refractivity contribution in [1.82, 2.24) is 4.90 Å². The second-order valence-electron chi connectivity index (χ2n) is 3.65. The molecule has 16 heavy (non-hydrogen) atoms. The number of thioether (sulfide) groups is 1. The van der Waals surface area contributed by atoms with Gasteiger partial charge < -0.3 is 0 Å². The van der Waals surface area contributed by atoms with Crippen LogP contribution in [0.5, 0.6) is 0 Å². The van der Waals surface area contributed by atoms with Crippen LogP contribution in [-0.4, -0.2) is 35.4 Å². The van der Waals surface area contributed by atoms with Crippen molar-refractivity contribution in [2.75, 3.05) is 30.5 Å². The summed E-state index contributed by atoms with van der Waals surface area (Å²) in [4.78, 5) is 2.42. The van der Waals surface area contributed by atoms with Crippen LogP contribution < -0.4 is 0 Å². The molecule has 0 saturated carbocycles. The van der Waals surface area contributed by atoms with Gasteiger partial charge in [-0.05, 0) is 11.3 Å². The van der Waals surface area contributed by atoms with Crippen molar-refractivity contribution >= 4 is 23.4 Å². The van der Waals surface area contributed by atoms with Gasteiger partial charge in [-0.2, -0.15) is 11.8 Å². The van der Waals surface area contributed by atoms with Gasteiger partial charge in [0.25, 0.3) is 0 Å². The summed E-state index contributed by atoms with van der Waals surface area (Å²) in [5.74, 6) is 3.10. The molecule has 0 aliphatic rings. The van der Waals surface area contributed by atoms with Crippen LogP contribution in [0, 0.1) is 0 Å². The fourth-order valence-electron chi connectivity index (χ4n) is 1.57. The van der Waals surface area contributed by atoms with E-state index in [0.717, 1.165) is 19.6 Å². The van der Waals surface area contributed by atoms with Crippen LogP contribution in [0.3, 0.4) is 0 Å². The molecule has 1 aromatic carbocycles. The molecule has 90 valence electrons. The Morgan fingerprint density at radius 1 is 1.19 bits per heavy atom. The zero-order chi connectivity index (χ0) is 11.6. The Bertz CT molecular complexity index is 266. The minimum Gasteiger partial charge on any atom is -0.297 e. The molecule has 1 nitrogen and oxygen atoms in total. The van der Waals surface area contributed by atoms with Crippen LogP contribution in [0.15, 0.2) is 30.3 Å². The monoisotopic (exact) mass is 257 g/mol. The van der Waals surface area contributed by atoms with Crippen LogP contribution in [0.2, 0.25) is 0 Å². The highest BCUT2D eigenvalue weighted by Crippen LogP contribution is 2.06. The molecule has 0 saturated heterocycles. The van der Waals surface area contributed by atoms with Crippen molar-refractivity contribution in [2.45, 2.75) is 13.5 Å². The molecule has 0 aromatic heterocycles. The van der Waals surface area contributed by atoms with Gasteiger partial charge in [0.1, 0.15) is 0 Å². The maximum atomic E-state index is 5.83. The van der Waals surface area contributed by atoms with Crippen LogP contribution >= 0.6 is 23.4 Å². The van der Waals surface area contributed by atoms with E-state index in [1.165, 1.54) is 17.1 Å². The van der Waals surface area contributed by atoms with E-state index in [-0.39, 0.29) is 0 Å². The summed E-state index contributed by atoms with van der Waals surface area (Å²) in [7, 11) is 0. The van der Waals surface area contributed by atoms with Crippen LogP contribution in [0.4, 0.5) is 0 Å². The van der Waals surface area contributed by atoms with Gasteiger partial charge in [-0.15, -0.1) is 11.6 Å². The normalized spacial score (nSPS) is 10.9. The van der Waals surface area contributed by atoms with Crippen molar-refractivity contribution in [3.8, 4) is 0 Å². The van der Waals surface area contributed by atoms with Crippen LogP contribution in [0.1, 0.15) is 12.5 Å². The standard InChI is InChI=1S/C13H20ClNS/c1-2-16-11-10-15(9-8-14)12-13-6-4-3-5-7-13/h3-7H,2,8-12H2,1H3. The lowest BCUT2D eigenvalue weighted by atomic mass is 10.2. The topological polar surface area (TPSA) is 3.24 Å². The average molecular weight is 258 g/mol. The van der Waals surface area contributed by atoms with Crippen LogP contribution in [0.25, 0.3) is 0 Å². The van der Waals surface area contributed by atoms with Crippen molar-refractivity contribution < 1.29 is 0 Å². The predicted molar refractivity (Wildman–Crippen MR) is 75.4 cm³/mol.